The van der Waals surface area contributed by atoms with Gasteiger partial charge in [-0.15, -0.1) is 11.8 Å². The predicted molar refractivity (Wildman–Crippen MR) is 116 cm³/mol. The van der Waals surface area contributed by atoms with E-state index in [0.29, 0.717) is 6.04 Å². The lowest BCUT2D eigenvalue weighted by molar-refractivity contribution is 0.462. The van der Waals surface area contributed by atoms with E-state index in [1.807, 2.05) is 18.0 Å². The highest BCUT2D eigenvalue weighted by Gasteiger charge is 2.16. The lowest BCUT2D eigenvalue weighted by atomic mass is 9.95. The number of thioether (sulfide) groups is 1. The highest BCUT2D eigenvalue weighted by atomic mass is 35.5. The van der Waals surface area contributed by atoms with Gasteiger partial charge < -0.3 is 10.6 Å². The number of pyridine rings is 1. The maximum atomic E-state index is 6.55. The summed E-state index contributed by atoms with van der Waals surface area (Å²) in [6.45, 7) is 2.09. The van der Waals surface area contributed by atoms with Crippen LogP contribution in [0.2, 0.25) is 5.02 Å². The Hall–Kier alpha value is -1.23. The quantitative estimate of drug-likeness (QED) is 0.652. The number of benzene rings is 1. The third kappa shape index (κ3) is 4.98. The van der Waals surface area contributed by atoms with Gasteiger partial charge in [0.1, 0.15) is 5.82 Å². The lowest BCUT2D eigenvalue weighted by Crippen LogP contribution is -2.22. The minimum absolute atomic E-state index is 0.596. The second-order valence-corrected chi connectivity index (χ2v) is 8.98. The number of nitrogens with zero attached hydrogens (tertiary/aromatic N) is 1. The molecule has 27 heavy (non-hydrogen) atoms. The highest BCUT2D eigenvalue weighted by Crippen LogP contribution is 2.36. The molecule has 2 aromatic rings. The Balaban J connectivity index is 1.40. The summed E-state index contributed by atoms with van der Waals surface area (Å²) >= 11 is 8.39. The van der Waals surface area contributed by atoms with Gasteiger partial charge in [0.05, 0.1) is 5.02 Å². The Kier molecular flexibility index (Phi) is 6.59. The summed E-state index contributed by atoms with van der Waals surface area (Å²) in [5.41, 5.74) is 4.12. The summed E-state index contributed by atoms with van der Waals surface area (Å²) in [7, 11) is 0. The molecule has 1 fully saturated rings. The lowest BCUT2D eigenvalue weighted by Gasteiger charge is -2.23. The van der Waals surface area contributed by atoms with Crippen LogP contribution < -0.4 is 10.6 Å². The topological polar surface area (TPSA) is 37.0 Å². The average Bonchev–Trinajstić information content (AvgIpc) is 2.95. The Morgan fingerprint density at radius 1 is 1.07 bits per heavy atom. The van der Waals surface area contributed by atoms with Crippen molar-refractivity contribution in [3.63, 3.8) is 0 Å². The van der Waals surface area contributed by atoms with Gasteiger partial charge >= 0.3 is 0 Å². The zero-order valence-electron chi connectivity index (χ0n) is 15.8. The zero-order chi connectivity index (χ0) is 18.5. The van der Waals surface area contributed by atoms with E-state index in [2.05, 4.69) is 39.9 Å². The fourth-order valence-electron chi connectivity index (χ4n) is 4.07. The molecule has 0 bridgehead atoms. The molecule has 1 saturated carbocycles. The maximum absolute atomic E-state index is 6.55. The molecule has 144 valence electrons. The SMILES string of the molecule is Clc1ccc2c(c1SCc1ccc(NC3CCCCC3)nc1)CCNCC2. The van der Waals surface area contributed by atoms with Gasteiger partial charge in [0, 0.05) is 22.9 Å². The van der Waals surface area contributed by atoms with Crippen LogP contribution in [0.25, 0.3) is 0 Å². The molecule has 3 nitrogen and oxygen atoms in total. The van der Waals surface area contributed by atoms with Crippen molar-refractivity contribution in [1.29, 1.82) is 0 Å². The highest BCUT2D eigenvalue weighted by molar-refractivity contribution is 7.98. The van der Waals surface area contributed by atoms with Crippen LogP contribution in [-0.4, -0.2) is 24.1 Å². The third-order valence-electron chi connectivity index (χ3n) is 5.60. The van der Waals surface area contributed by atoms with E-state index < -0.39 is 0 Å². The molecule has 1 aliphatic carbocycles. The first kappa shape index (κ1) is 19.1. The first-order valence-corrected chi connectivity index (χ1v) is 11.5. The molecule has 4 rings (SSSR count). The molecule has 0 radical (unpaired) electrons. The summed E-state index contributed by atoms with van der Waals surface area (Å²) in [6.07, 6.45) is 10.7. The number of halogens is 1. The molecule has 2 N–H and O–H groups in total. The van der Waals surface area contributed by atoms with Crippen LogP contribution in [0, 0.1) is 0 Å². The Bertz CT molecular complexity index is 757. The van der Waals surface area contributed by atoms with E-state index in [0.717, 1.165) is 42.5 Å². The molecule has 2 aliphatic rings. The average molecular weight is 402 g/mol. The fourth-order valence-corrected chi connectivity index (χ4v) is 5.51. The Labute approximate surface area is 171 Å². The van der Waals surface area contributed by atoms with E-state index in [9.17, 15) is 0 Å². The van der Waals surface area contributed by atoms with E-state index in [1.54, 1.807) is 0 Å². The van der Waals surface area contributed by atoms with Crippen LogP contribution in [0.1, 0.15) is 48.8 Å². The Morgan fingerprint density at radius 3 is 2.74 bits per heavy atom. The summed E-state index contributed by atoms with van der Waals surface area (Å²) in [6, 6.07) is 9.17. The van der Waals surface area contributed by atoms with Crippen LogP contribution in [0.15, 0.2) is 35.4 Å². The minimum atomic E-state index is 0.596. The summed E-state index contributed by atoms with van der Waals surface area (Å²) in [4.78, 5) is 5.89. The van der Waals surface area contributed by atoms with Crippen LogP contribution >= 0.6 is 23.4 Å². The molecular formula is C22H28ClN3S. The van der Waals surface area contributed by atoms with Crippen molar-refractivity contribution < 1.29 is 0 Å². The van der Waals surface area contributed by atoms with Gasteiger partial charge in [-0.3, -0.25) is 0 Å². The molecule has 0 spiro atoms. The number of hydrogen-bond donors (Lipinski definition) is 2. The number of hydrogen-bond acceptors (Lipinski definition) is 4. The standard InChI is InChI=1S/C22H28ClN3S/c23-20-8-7-17-10-12-24-13-11-19(17)22(20)27-15-16-6-9-21(25-14-16)26-18-4-2-1-3-5-18/h6-9,14,18,24H,1-5,10-13,15H2,(H,25,26). The van der Waals surface area contributed by atoms with Crippen molar-refractivity contribution in [2.45, 2.75) is 61.6 Å². The van der Waals surface area contributed by atoms with Gasteiger partial charge in [-0.1, -0.05) is 43.0 Å². The van der Waals surface area contributed by atoms with E-state index in [-0.39, 0.29) is 0 Å². The first-order chi connectivity index (χ1) is 13.3. The van der Waals surface area contributed by atoms with Gasteiger partial charge in [0.2, 0.25) is 0 Å². The minimum Gasteiger partial charge on any atom is -0.367 e. The number of aromatic nitrogens is 1. The van der Waals surface area contributed by atoms with Crippen molar-refractivity contribution in [2.75, 3.05) is 18.4 Å². The number of fused-ring (bicyclic) bond motifs is 1. The van der Waals surface area contributed by atoms with Crippen LogP contribution in [-0.2, 0) is 18.6 Å². The zero-order valence-corrected chi connectivity index (χ0v) is 17.3. The molecule has 0 amide bonds. The summed E-state index contributed by atoms with van der Waals surface area (Å²) < 4.78 is 0. The predicted octanol–water partition coefficient (Wildman–Crippen LogP) is 5.46. The van der Waals surface area contributed by atoms with Crippen molar-refractivity contribution in [3.8, 4) is 0 Å². The van der Waals surface area contributed by atoms with E-state index in [4.69, 9.17) is 11.6 Å². The maximum Gasteiger partial charge on any atom is 0.126 e. The monoisotopic (exact) mass is 401 g/mol. The molecule has 1 aliphatic heterocycles. The largest absolute Gasteiger partial charge is 0.367 e. The van der Waals surface area contributed by atoms with Crippen molar-refractivity contribution in [3.05, 3.63) is 52.2 Å². The molecule has 0 saturated heterocycles. The summed E-state index contributed by atoms with van der Waals surface area (Å²) in [5, 5.41) is 7.96. The summed E-state index contributed by atoms with van der Waals surface area (Å²) in [5.74, 6) is 1.91. The third-order valence-corrected chi connectivity index (χ3v) is 7.26. The molecule has 1 aromatic carbocycles. The van der Waals surface area contributed by atoms with Gasteiger partial charge in [-0.2, -0.15) is 0 Å². The van der Waals surface area contributed by atoms with Crippen molar-refractivity contribution in [2.24, 2.45) is 0 Å². The van der Waals surface area contributed by atoms with Gasteiger partial charge in [-0.25, -0.2) is 4.98 Å². The molecule has 1 aromatic heterocycles. The van der Waals surface area contributed by atoms with Gasteiger partial charge in [-0.05, 0) is 67.6 Å². The van der Waals surface area contributed by atoms with Gasteiger partial charge in [0.25, 0.3) is 0 Å². The molecule has 5 heteroatoms. The number of rotatable bonds is 5. The second-order valence-electron chi connectivity index (χ2n) is 7.58. The van der Waals surface area contributed by atoms with Crippen LogP contribution in [0.5, 0.6) is 0 Å². The van der Waals surface area contributed by atoms with Gasteiger partial charge in [0.15, 0.2) is 0 Å². The second kappa shape index (κ2) is 9.31. The van der Waals surface area contributed by atoms with Crippen LogP contribution in [0.3, 0.4) is 0 Å². The first-order valence-electron chi connectivity index (χ1n) is 10.1. The molecule has 0 atom stereocenters. The molecular weight excluding hydrogens is 374 g/mol. The number of anilines is 1. The van der Waals surface area contributed by atoms with Crippen molar-refractivity contribution >= 4 is 29.2 Å². The Morgan fingerprint density at radius 2 is 1.93 bits per heavy atom. The molecule has 2 heterocycles. The number of nitrogens with one attached hydrogen (secondary N) is 2. The normalized spacial score (nSPS) is 18.0. The smallest absolute Gasteiger partial charge is 0.126 e. The fraction of sp³-hybridized carbons (Fsp3) is 0.500. The molecule has 0 unspecified atom stereocenters. The van der Waals surface area contributed by atoms with Crippen LogP contribution in [0.4, 0.5) is 5.82 Å². The van der Waals surface area contributed by atoms with E-state index >= 15 is 0 Å². The van der Waals surface area contributed by atoms with E-state index in [1.165, 1.54) is 53.7 Å². The van der Waals surface area contributed by atoms with Crippen molar-refractivity contribution in [1.82, 2.24) is 10.3 Å².